The average Bonchev–Trinajstić information content (AvgIpc) is 3.27. The normalized spacial score (nSPS) is 15.3. The maximum absolute atomic E-state index is 14.4. The molecule has 0 aliphatic carbocycles. The molecule has 1 aromatic heterocycles. The molecule has 0 spiro atoms. The Morgan fingerprint density at radius 2 is 1.73 bits per heavy atom. The molecule has 0 atom stereocenters. The summed E-state index contributed by atoms with van der Waals surface area (Å²) >= 11 is 11.8. The maximum Gasteiger partial charge on any atom is 0.281 e. The van der Waals surface area contributed by atoms with E-state index in [0.29, 0.717) is 21.4 Å². The highest BCUT2D eigenvalue weighted by molar-refractivity contribution is 7.80. The zero-order valence-electron chi connectivity index (χ0n) is 17.7. The number of carbonyl (C=O) groups excluding carboxylic acids is 1. The molecule has 0 bridgehead atoms. The van der Waals surface area contributed by atoms with E-state index in [1.54, 1.807) is 24.1 Å². The van der Waals surface area contributed by atoms with Crippen molar-refractivity contribution in [2.45, 2.75) is 6.54 Å². The number of likely N-dealkylation sites (N-methyl/N-ethyl adjacent to an activating group) is 1. The van der Waals surface area contributed by atoms with Gasteiger partial charge in [0.2, 0.25) is 0 Å². The molecule has 1 amide bonds. The lowest BCUT2D eigenvalue weighted by molar-refractivity contribution is -0.114. The second kappa shape index (κ2) is 8.46. The van der Waals surface area contributed by atoms with Gasteiger partial charge in [0.25, 0.3) is 5.91 Å². The summed E-state index contributed by atoms with van der Waals surface area (Å²) in [6.45, 7) is 0.271. The van der Waals surface area contributed by atoms with Crippen molar-refractivity contribution < 1.29 is 9.18 Å². The predicted octanol–water partition coefficient (Wildman–Crippen LogP) is 6.09. The van der Waals surface area contributed by atoms with Crippen molar-refractivity contribution in [1.82, 2.24) is 9.47 Å². The average molecular weight is 476 g/mol. The van der Waals surface area contributed by atoms with Gasteiger partial charge in [0.1, 0.15) is 11.5 Å². The number of fused-ring (bicyclic) bond motifs is 1. The monoisotopic (exact) mass is 475 g/mol. The summed E-state index contributed by atoms with van der Waals surface area (Å²) in [4.78, 5) is 16.5. The molecule has 33 heavy (non-hydrogen) atoms. The lowest BCUT2D eigenvalue weighted by Gasteiger charge is -2.16. The number of anilines is 1. The van der Waals surface area contributed by atoms with Crippen LogP contribution in [0.5, 0.6) is 0 Å². The minimum atomic E-state index is -0.352. The van der Waals surface area contributed by atoms with Gasteiger partial charge in [-0.15, -0.1) is 0 Å². The molecular weight excluding hydrogens is 457 g/mol. The summed E-state index contributed by atoms with van der Waals surface area (Å²) in [6.07, 6.45) is 3.75. The van der Waals surface area contributed by atoms with Gasteiger partial charge in [0.05, 0.1) is 12.2 Å². The number of hydrogen-bond acceptors (Lipinski definition) is 2. The van der Waals surface area contributed by atoms with Crippen LogP contribution in [0.25, 0.3) is 17.0 Å². The van der Waals surface area contributed by atoms with Gasteiger partial charge in [-0.2, -0.15) is 0 Å². The molecule has 7 heteroatoms. The number of aromatic nitrogens is 1. The minimum Gasteiger partial charge on any atom is -0.342 e. The van der Waals surface area contributed by atoms with Gasteiger partial charge in [-0.25, -0.2) is 4.39 Å². The molecule has 0 N–H and O–H groups in total. The van der Waals surface area contributed by atoms with Crippen molar-refractivity contribution in [3.63, 3.8) is 0 Å². The van der Waals surface area contributed by atoms with Crippen LogP contribution < -0.4 is 4.90 Å². The molecule has 4 aromatic rings. The first kappa shape index (κ1) is 21.4. The van der Waals surface area contributed by atoms with E-state index in [1.165, 1.54) is 11.0 Å². The largest absolute Gasteiger partial charge is 0.342 e. The van der Waals surface area contributed by atoms with E-state index in [2.05, 4.69) is 0 Å². The fourth-order valence-corrected chi connectivity index (χ4v) is 4.59. The van der Waals surface area contributed by atoms with E-state index in [0.717, 1.165) is 22.2 Å². The Morgan fingerprint density at radius 3 is 2.48 bits per heavy atom. The number of para-hydroxylation sites is 2. The summed E-state index contributed by atoms with van der Waals surface area (Å²) < 4.78 is 16.4. The van der Waals surface area contributed by atoms with Gasteiger partial charge in [0.15, 0.2) is 5.11 Å². The summed E-state index contributed by atoms with van der Waals surface area (Å²) in [5.74, 6) is -0.544. The fourth-order valence-electron chi connectivity index (χ4n) is 4.08. The van der Waals surface area contributed by atoms with E-state index in [9.17, 15) is 9.18 Å². The number of nitrogens with zero attached hydrogens (tertiary/aromatic N) is 3. The van der Waals surface area contributed by atoms with Crippen LogP contribution in [0.15, 0.2) is 84.7 Å². The Hall–Kier alpha value is -3.48. The molecule has 164 valence electrons. The third kappa shape index (κ3) is 3.71. The first-order valence-corrected chi connectivity index (χ1v) is 11.1. The molecule has 3 aromatic carbocycles. The third-order valence-corrected chi connectivity index (χ3v) is 6.59. The fraction of sp³-hybridized carbons (Fsp3) is 0.0769. The standard InChI is InChI=1S/C26H19ClFN3OS/c1-29-24(25(32)31(26(29)33)18-8-3-2-4-9-18)14-17-15-30(23-13-6-5-10-19(17)23)16-20-21(27)11-7-12-22(20)28/h2-15H,16H2,1H3/b24-14-. The lowest BCUT2D eigenvalue weighted by Crippen LogP contribution is -2.30. The number of hydrogen-bond donors (Lipinski definition) is 0. The molecule has 0 radical (unpaired) electrons. The molecule has 0 unspecified atom stereocenters. The number of halogens is 2. The molecule has 1 aliphatic rings. The van der Waals surface area contributed by atoms with Crippen molar-refractivity contribution in [3.05, 3.63) is 107 Å². The molecule has 5 rings (SSSR count). The highest BCUT2D eigenvalue weighted by Crippen LogP contribution is 2.31. The Kier molecular flexibility index (Phi) is 5.48. The van der Waals surface area contributed by atoms with Crippen LogP contribution >= 0.6 is 23.8 Å². The topological polar surface area (TPSA) is 28.5 Å². The second-order valence-electron chi connectivity index (χ2n) is 7.78. The van der Waals surface area contributed by atoms with Crippen LogP contribution in [0.1, 0.15) is 11.1 Å². The van der Waals surface area contributed by atoms with Gasteiger partial charge in [-0.05, 0) is 48.6 Å². The van der Waals surface area contributed by atoms with E-state index in [-0.39, 0.29) is 18.3 Å². The first-order chi connectivity index (χ1) is 16.0. The molecule has 2 heterocycles. The highest BCUT2D eigenvalue weighted by Gasteiger charge is 2.36. The molecule has 4 nitrogen and oxygen atoms in total. The number of amides is 1. The van der Waals surface area contributed by atoms with E-state index in [4.69, 9.17) is 23.8 Å². The predicted molar refractivity (Wildman–Crippen MR) is 135 cm³/mol. The molecule has 1 aliphatic heterocycles. The van der Waals surface area contributed by atoms with Crippen LogP contribution in [0, 0.1) is 5.82 Å². The number of thiocarbonyl (C=S) groups is 1. The number of rotatable bonds is 4. The van der Waals surface area contributed by atoms with Gasteiger partial charge in [-0.3, -0.25) is 9.69 Å². The minimum absolute atomic E-state index is 0.192. The smallest absolute Gasteiger partial charge is 0.281 e. The summed E-state index contributed by atoms with van der Waals surface area (Å²) in [5.41, 5.74) is 3.37. The number of carbonyl (C=O) groups is 1. The van der Waals surface area contributed by atoms with Crippen molar-refractivity contribution in [3.8, 4) is 0 Å². The van der Waals surface area contributed by atoms with Crippen LogP contribution in [0.2, 0.25) is 5.02 Å². The van der Waals surface area contributed by atoms with Gasteiger partial charge < -0.3 is 9.47 Å². The molecule has 1 fully saturated rings. The van der Waals surface area contributed by atoms with Crippen molar-refractivity contribution >= 4 is 57.5 Å². The van der Waals surface area contributed by atoms with Crippen molar-refractivity contribution in [1.29, 1.82) is 0 Å². The second-order valence-corrected chi connectivity index (χ2v) is 8.55. The Balaban J connectivity index is 1.58. The van der Waals surface area contributed by atoms with Crippen molar-refractivity contribution in [2.75, 3.05) is 11.9 Å². The quantitative estimate of drug-likeness (QED) is 0.264. The van der Waals surface area contributed by atoms with Crippen LogP contribution in [-0.4, -0.2) is 27.5 Å². The van der Waals surface area contributed by atoms with Crippen LogP contribution in [0.3, 0.4) is 0 Å². The van der Waals surface area contributed by atoms with Crippen LogP contribution in [-0.2, 0) is 11.3 Å². The van der Waals surface area contributed by atoms with Gasteiger partial charge in [-0.1, -0.05) is 54.1 Å². The van der Waals surface area contributed by atoms with Crippen LogP contribution in [0.4, 0.5) is 10.1 Å². The zero-order valence-corrected chi connectivity index (χ0v) is 19.3. The highest BCUT2D eigenvalue weighted by atomic mass is 35.5. The Bertz CT molecular complexity index is 1410. The van der Waals surface area contributed by atoms with Crippen molar-refractivity contribution in [2.24, 2.45) is 0 Å². The van der Waals surface area contributed by atoms with Gasteiger partial charge >= 0.3 is 0 Å². The Morgan fingerprint density at radius 1 is 1.00 bits per heavy atom. The maximum atomic E-state index is 14.4. The summed E-state index contributed by atoms with van der Waals surface area (Å²) in [5, 5.41) is 1.74. The first-order valence-electron chi connectivity index (χ1n) is 10.4. The van der Waals surface area contributed by atoms with Gasteiger partial charge in [0, 0.05) is 40.3 Å². The third-order valence-electron chi connectivity index (χ3n) is 5.78. The van der Waals surface area contributed by atoms with E-state index >= 15 is 0 Å². The van der Waals surface area contributed by atoms with E-state index < -0.39 is 0 Å². The Labute approximate surface area is 201 Å². The zero-order chi connectivity index (χ0) is 23.1. The number of benzene rings is 3. The molecule has 0 saturated carbocycles. The summed E-state index contributed by atoms with van der Waals surface area (Å²) in [7, 11) is 1.79. The summed E-state index contributed by atoms with van der Waals surface area (Å²) in [6, 6.07) is 21.8. The SMILES string of the molecule is CN1C(=S)N(c2ccccc2)C(=O)/C1=C/c1cn(Cc2c(F)cccc2Cl)c2ccccc12. The molecular formula is C26H19ClFN3OS. The van der Waals surface area contributed by atoms with E-state index in [1.807, 2.05) is 71.4 Å². The lowest BCUT2D eigenvalue weighted by atomic mass is 10.1. The molecule has 1 saturated heterocycles.